The van der Waals surface area contributed by atoms with Crippen molar-refractivity contribution in [2.45, 2.75) is 58.5 Å². The van der Waals surface area contributed by atoms with Crippen LogP contribution in [0.1, 0.15) is 62.1 Å². The van der Waals surface area contributed by atoms with E-state index in [1.807, 2.05) is 13.8 Å². The minimum absolute atomic E-state index is 0.0695. The van der Waals surface area contributed by atoms with Crippen molar-refractivity contribution in [1.29, 1.82) is 0 Å². The van der Waals surface area contributed by atoms with Crippen LogP contribution >= 0.6 is 23.2 Å². The second-order valence-electron chi connectivity index (χ2n) is 8.33. The molecule has 0 saturated heterocycles. The molecule has 0 radical (unpaired) electrons. The SMILES string of the molecule is CCCCn1c(O)c([C@@H]2c3cc(Cl)cc(Cl)c3Oc3[nH]c(=O)n(CCCC)c(=O)c32)c(=O)[nH]c1=O. The van der Waals surface area contributed by atoms with E-state index in [1.165, 1.54) is 12.1 Å². The molecule has 12 heteroatoms. The summed E-state index contributed by atoms with van der Waals surface area (Å²) in [5, 5.41) is 11.4. The predicted octanol–water partition coefficient (Wildman–Crippen LogP) is 3.29. The molecule has 3 N–H and O–H groups in total. The largest absolute Gasteiger partial charge is 0.494 e. The van der Waals surface area contributed by atoms with E-state index in [4.69, 9.17) is 27.9 Å². The first-order chi connectivity index (χ1) is 16.7. The number of hydrogen-bond acceptors (Lipinski definition) is 6. The zero-order chi connectivity index (χ0) is 25.4. The first-order valence-corrected chi connectivity index (χ1v) is 12.0. The minimum atomic E-state index is -1.22. The van der Waals surface area contributed by atoms with E-state index in [0.29, 0.717) is 12.8 Å². The van der Waals surface area contributed by atoms with Gasteiger partial charge in [-0.3, -0.25) is 28.7 Å². The van der Waals surface area contributed by atoms with Gasteiger partial charge in [-0.25, -0.2) is 9.59 Å². The summed E-state index contributed by atoms with van der Waals surface area (Å²) >= 11 is 12.6. The van der Waals surface area contributed by atoms with E-state index in [0.717, 1.165) is 22.0 Å². The number of hydrogen-bond donors (Lipinski definition) is 3. The fourth-order valence-electron chi connectivity index (χ4n) is 4.24. The lowest BCUT2D eigenvalue weighted by atomic mass is 9.84. The normalized spacial score (nSPS) is 14.3. The van der Waals surface area contributed by atoms with Crippen molar-refractivity contribution in [3.8, 4) is 17.5 Å². The van der Waals surface area contributed by atoms with Gasteiger partial charge in [0.15, 0.2) is 5.75 Å². The van der Waals surface area contributed by atoms with Crippen LogP contribution in [0.4, 0.5) is 0 Å². The molecule has 0 spiro atoms. The monoisotopic (exact) mass is 522 g/mol. The highest BCUT2D eigenvalue weighted by molar-refractivity contribution is 6.35. The number of H-pyrrole nitrogens is 2. The fraction of sp³-hybridized carbons (Fsp3) is 0.391. The zero-order valence-corrected chi connectivity index (χ0v) is 20.6. The van der Waals surface area contributed by atoms with E-state index in [9.17, 15) is 24.3 Å². The van der Waals surface area contributed by atoms with E-state index in [2.05, 4.69) is 9.97 Å². The number of aromatic nitrogens is 4. The van der Waals surface area contributed by atoms with Gasteiger partial charge in [-0.2, -0.15) is 0 Å². The first kappa shape index (κ1) is 24.9. The van der Waals surface area contributed by atoms with Crippen LogP contribution in [-0.4, -0.2) is 24.2 Å². The molecule has 186 valence electrons. The van der Waals surface area contributed by atoms with Crippen molar-refractivity contribution < 1.29 is 9.84 Å². The third-order valence-electron chi connectivity index (χ3n) is 5.99. The average molecular weight is 523 g/mol. The number of fused-ring (bicyclic) bond motifs is 2. The molecular formula is C23H24Cl2N4O6. The van der Waals surface area contributed by atoms with E-state index in [1.54, 1.807) is 0 Å². The Morgan fingerprint density at radius 1 is 0.943 bits per heavy atom. The maximum atomic E-state index is 13.6. The minimum Gasteiger partial charge on any atom is -0.494 e. The predicted molar refractivity (Wildman–Crippen MR) is 132 cm³/mol. The molecule has 1 atom stereocenters. The molecule has 0 fully saturated rings. The van der Waals surface area contributed by atoms with Gasteiger partial charge in [0.25, 0.3) is 11.1 Å². The lowest BCUT2D eigenvalue weighted by molar-refractivity contribution is 0.380. The summed E-state index contributed by atoms with van der Waals surface area (Å²) in [4.78, 5) is 56.6. The van der Waals surface area contributed by atoms with Gasteiger partial charge in [0.1, 0.15) is 0 Å². The van der Waals surface area contributed by atoms with Crippen molar-refractivity contribution in [2.75, 3.05) is 0 Å². The topological polar surface area (TPSA) is 139 Å². The summed E-state index contributed by atoms with van der Waals surface area (Å²) in [5.74, 6) is -1.93. The summed E-state index contributed by atoms with van der Waals surface area (Å²) in [7, 11) is 0. The Hall–Kier alpha value is -3.24. The Morgan fingerprint density at radius 3 is 2.23 bits per heavy atom. The molecule has 1 aliphatic heterocycles. The van der Waals surface area contributed by atoms with Crippen LogP contribution in [0.5, 0.6) is 17.5 Å². The Morgan fingerprint density at radius 2 is 1.57 bits per heavy atom. The van der Waals surface area contributed by atoms with E-state index in [-0.39, 0.29) is 51.5 Å². The van der Waals surface area contributed by atoms with Gasteiger partial charge in [-0.05, 0) is 25.0 Å². The summed E-state index contributed by atoms with van der Waals surface area (Å²) in [6, 6.07) is 2.88. The molecule has 0 aliphatic carbocycles. The Kier molecular flexibility index (Phi) is 6.95. The molecule has 1 aromatic carbocycles. The number of ether oxygens (including phenoxy) is 1. The van der Waals surface area contributed by atoms with E-state index < -0.39 is 34.3 Å². The Balaban J connectivity index is 2.10. The number of unbranched alkanes of at least 4 members (excludes halogenated alkanes) is 2. The van der Waals surface area contributed by atoms with Crippen LogP contribution < -0.4 is 27.2 Å². The molecule has 3 heterocycles. The van der Waals surface area contributed by atoms with Crippen molar-refractivity contribution >= 4 is 23.2 Å². The number of rotatable bonds is 7. The van der Waals surface area contributed by atoms with Crippen LogP contribution in [0.15, 0.2) is 31.3 Å². The highest BCUT2D eigenvalue weighted by atomic mass is 35.5. The van der Waals surface area contributed by atoms with Gasteiger partial charge in [-0.1, -0.05) is 49.9 Å². The Labute approximate surface area is 208 Å². The number of nitrogens with one attached hydrogen (secondary N) is 2. The zero-order valence-electron chi connectivity index (χ0n) is 19.1. The van der Waals surface area contributed by atoms with Crippen LogP contribution in [0.25, 0.3) is 0 Å². The van der Waals surface area contributed by atoms with Crippen LogP contribution in [-0.2, 0) is 13.1 Å². The summed E-state index contributed by atoms with van der Waals surface area (Å²) in [6.07, 6.45) is 2.60. The third kappa shape index (κ3) is 4.32. The molecule has 35 heavy (non-hydrogen) atoms. The molecular weight excluding hydrogens is 499 g/mol. The molecule has 4 rings (SSSR count). The van der Waals surface area contributed by atoms with Crippen LogP contribution in [0, 0.1) is 0 Å². The molecule has 10 nitrogen and oxygen atoms in total. The van der Waals surface area contributed by atoms with Gasteiger partial charge in [0.2, 0.25) is 11.8 Å². The summed E-state index contributed by atoms with van der Waals surface area (Å²) < 4.78 is 7.88. The van der Waals surface area contributed by atoms with Gasteiger partial charge < -0.3 is 9.84 Å². The lowest BCUT2D eigenvalue weighted by Crippen LogP contribution is -2.41. The summed E-state index contributed by atoms with van der Waals surface area (Å²) in [6.45, 7) is 4.13. The van der Waals surface area contributed by atoms with Gasteiger partial charge in [0.05, 0.1) is 22.1 Å². The molecule has 0 bridgehead atoms. The number of aromatic hydroxyl groups is 1. The summed E-state index contributed by atoms with van der Waals surface area (Å²) in [5.41, 5.74) is -3.12. The van der Waals surface area contributed by atoms with E-state index >= 15 is 0 Å². The van der Waals surface area contributed by atoms with Crippen molar-refractivity contribution in [2.24, 2.45) is 0 Å². The molecule has 0 saturated carbocycles. The van der Waals surface area contributed by atoms with Gasteiger partial charge >= 0.3 is 11.4 Å². The second-order valence-corrected chi connectivity index (χ2v) is 9.17. The highest BCUT2D eigenvalue weighted by Gasteiger charge is 2.38. The number of aromatic amines is 2. The maximum absolute atomic E-state index is 13.6. The lowest BCUT2D eigenvalue weighted by Gasteiger charge is -2.29. The van der Waals surface area contributed by atoms with Crippen molar-refractivity contribution in [3.63, 3.8) is 0 Å². The molecule has 0 unspecified atom stereocenters. The third-order valence-corrected chi connectivity index (χ3v) is 6.49. The fourth-order valence-corrected chi connectivity index (χ4v) is 4.79. The maximum Gasteiger partial charge on any atom is 0.331 e. The molecule has 1 aliphatic rings. The number of nitrogens with zero attached hydrogens (tertiary/aromatic N) is 2. The van der Waals surface area contributed by atoms with Crippen LogP contribution in [0.3, 0.4) is 0 Å². The first-order valence-electron chi connectivity index (χ1n) is 11.3. The van der Waals surface area contributed by atoms with Crippen LogP contribution in [0.2, 0.25) is 10.0 Å². The van der Waals surface area contributed by atoms with Crippen molar-refractivity contribution in [3.05, 3.63) is 80.5 Å². The number of halogens is 2. The Bertz CT molecular complexity index is 1530. The molecule has 0 amide bonds. The standard InChI is InChI=1S/C23H24Cl2N4O6/c1-3-5-7-28-20(31)15(18(30)26-22(28)33)14-12-9-11(24)10-13(25)17(12)35-19-16(14)21(32)29(8-6-4-2)23(34)27-19/h9-10,14,31H,3-8H2,1-2H3,(H,27,34)(H,26,30,33)/t14-/m0/s1. The number of benzene rings is 1. The average Bonchev–Trinajstić information content (AvgIpc) is 2.78. The molecule has 2 aromatic heterocycles. The highest BCUT2D eigenvalue weighted by Crippen LogP contribution is 2.49. The smallest absolute Gasteiger partial charge is 0.331 e. The van der Waals surface area contributed by atoms with Crippen molar-refractivity contribution in [1.82, 2.24) is 19.1 Å². The van der Waals surface area contributed by atoms with Gasteiger partial charge in [0, 0.05) is 23.7 Å². The quantitative estimate of drug-likeness (QED) is 0.340. The second kappa shape index (κ2) is 9.79. The molecule has 3 aromatic rings. The van der Waals surface area contributed by atoms with Gasteiger partial charge in [-0.15, -0.1) is 0 Å².